The molecule has 1 amide bonds. The lowest BCUT2D eigenvalue weighted by Gasteiger charge is -2.19. The Morgan fingerprint density at radius 3 is 2.31 bits per heavy atom. The number of carbonyl (C=O) groups is 1. The minimum absolute atomic E-state index is 0.247. The van der Waals surface area contributed by atoms with Gasteiger partial charge in [-0.3, -0.25) is 9.78 Å². The zero-order valence-corrected chi connectivity index (χ0v) is 15.9. The van der Waals surface area contributed by atoms with E-state index in [1.54, 1.807) is 36.4 Å². The second-order valence-electron chi connectivity index (χ2n) is 6.44. The second-order valence-corrected chi connectivity index (χ2v) is 6.44. The number of pyridine rings is 1. The number of benzene rings is 2. The highest BCUT2D eigenvalue weighted by Gasteiger charge is 2.19. The average molecular weight is 384 g/mol. The number of amides is 1. The predicted molar refractivity (Wildman–Crippen MR) is 110 cm³/mol. The van der Waals surface area contributed by atoms with Crippen LogP contribution in [0.5, 0.6) is 5.75 Å². The first kappa shape index (κ1) is 18.4. The molecule has 0 fully saturated rings. The van der Waals surface area contributed by atoms with E-state index in [9.17, 15) is 4.79 Å². The Morgan fingerprint density at radius 1 is 0.931 bits per heavy atom. The van der Waals surface area contributed by atoms with Gasteiger partial charge >= 0.3 is 0 Å². The van der Waals surface area contributed by atoms with Crippen LogP contribution in [0.2, 0.25) is 0 Å². The maximum Gasteiger partial charge on any atom is 0.272 e. The number of nitrogens with one attached hydrogen (secondary N) is 1. The number of methoxy groups -OCH3 is 1. The van der Waals surface area contributed by atoms with Crippen molar-refractivity contribution < 1.29 is 9.53 Å². The molecule has 0 aliphatic rings. The third-order valence-electron chi connectivity index (χ3n) is 4.61. The van der Waals surface area contributed by atoms with Crippen molar-refractivity contribution in [2.24, 2.45) is 0 Å². The van der Waals surface area contributed by atoms with E-state index >= 15 is 0 Å². The Labute approximate surface area is 168 Å². The number of rotatable bonds is 6. The summed E-state index contributed by atoms with van der Waals surface area (Å²) in [5.74, 6) is 0.518. The molecule has 1 unspecified atom stereocenters. The summed E-state index contributed by atoms with van der Waals surface area (Å²) in [6, 6.07) is 22.5. The van der Waals surface area contributed by atoms with Crippen LogP contribution < -0.4 is 10.1 Å². The number of hydrogen-bond acceptors (Lipinski definition) is 4. The molecule has 2 heterocycles. The molecule has 0 aliphatic carbocycles. The first-order valence-electron chi connectivity index (χ1n) is 9.20. The topological polar surface area (TPSA) is 69.0 Å². The van der Waals surface area contributed by atoms with Crippen molar-refractivity contribution in [1.29, 1.82) is 0 Å². The molecule has 144 valence electrons. The minimum atomic E-state index is -0.294. The smallest absolute Gasteiger partial charge is 0.272 e. The fraction of sp³-hybridized carbons (Fsp3) is 0.0870. The summed E-state index contributed by atoms with van der Waals surface area (Å²) in [7, 11) is 1.62. The second kappa shape index (κ2) is 8.39. The zero-order valence-electron chi connectivity index (χ0n) is 15.9. The first-order chi connectivity index (χ1) is 14.2. The molecular weight excluding hydrogens is 364 g/mol. The lowest BCUT2D eigenvalue weighted by atomic mass is 9.99. The van der Waals surface area contributed by atoms with Gasteiger partial charge in [0.1, 0.15) is 5.75 Å². The van der Waals surface area contributed by atoms with Gasteiger partial charge in [-0.25, -0.2) is 4.68 Å². The Balaban J connectivity index is 1.57. The molecule has 6 nitrogen and oxygen atoms in total. The van der Waals surface area contributed by atoms with Crippen LogP contribution in [-0.2, 0) is 0 Å². The quantitative estimate of drug-likeness (QED) is 0.549. The summed E-state index contributed by atoms with van der Waals surface area (Å²) in [5.41, 5.74) is 3.13. The largest absolute Gasteiger partial charge is 0.497 e. The molecule has 2 aromatic carbocycles. The van der Waals surface area contributed by atoms with E-state index in [0.29, 0.717) is 5.69 Å². The lowest BCUT2D eigenvalue weighted by Crippen LogP contribution is -2.29. The van der Waals surface area contributed by atoms with Gasteiger partial charge in [0.25, 0.3) is 5.91 Å². The van der Waals surface area contributed by atoms with Gasteiger partial charge in [-0.1, -0.05) is 30.3 Å². The van der Waals surface area contributed by atoms with Crippen LogP contribution in [0.1, 0.15) is 27.7 Å². The molecule has 29 heavy (non-hydrogen) atoms. The Hall–Kier alpha value is -3.93. The average Bonchev–Trinajstić information content (AvgIpc) is 3.29. The number of aromatic nitrogens is 3. The monoisotopic (exact) mass is 384 g/mol. The highest BCUT2D eigenvalue weighted by molar-refractivity contribution is 5.92. The normalized spacial score (nSPS) is 11.6. The van der Waals surface area contributed by atoms with Crippen molar-refractivity contribution in [3.05, 3.63) is 108 Å². The van der Waals surface area contributed by atoms with Gasteiger partial charge in [-0.2, -0.15) is 5.10 Å². The van der Waals surface area contributed by atoms with Crippen molar-refractivity contribution in [2.45, 2.75) is 6.04 Å². The number of hydrogen-bond donors (Lipinski definition) is 1. The van der Waals surface area contributed by atoms with Crippen LogP contribution in [0.15, 0.2) is 91.4 Å². The maximum atomic E-state index is 12.9. The van der Waals surface area contributed by atoms with Crippen molar-refractivity contribution in [2.75, 3.05) is 7.11 Å². The third-order valence-corrected chi connectivity index (χ3v) is 4.61. The van der Waals surface area contributed by atoms with E-state index in [2.05, 4.69) is 15.4 Å². The molecule has 0 bridgehead atoms. The van der Waals surface area contributed by atoms with E-state index in [4.69, 9.17) is 4.74 Å². The summed E-state index contributed by atoms with van der Waals surface area (Å²) >= 11 is 0. The zero-order chi connectivity index (χ0) is 20.1. The number of nitrogens with zero attached hydrogens (tertiary/aromatic N) is 3. The SMILES string of the molecule is COc1ccc(-n2ccc(C(=O)NC(c3ccccc3)c3ccncc3)n2)cc1. The molecule has 4 rings (SSSR count). The van der Waals surface area contributed by atoms with Crippen LogP contribution in [0.3, 0.4) is 0 Å². The standard InChI is InChI=1S/C23H20N4O2/c1-29-20-9-7-19(8-10-20)27-16-13-21(26-27)23(28)25-22(17-5-3-2-4-6-17)18-11-14-24-15-12-18/h2-16,22H,1H3,(H,25,28). The Bertz CT molecular complexity index is 1040. The van der Waals surface area contributed by atoms with E-state index in [1.165, 1.54) is 0 Å². The Morgan fingerprint density at radius 2 is 1.62 bits per heavy atom. The molecular formula is C23H20N4O2. The molecule has 0 saturated carbocycles. The van der Waals surface area contributed by atoms with Crippen molar-refractivity contribution in [3.63, 3.8) is 0 Å². The Kier molecular flexibility index (Phi) is 5.33. The summed E-state index contributed by atoms with van der Waals surface area (Å²) in [4.78, 5) is 17.0. The lowest BCUT2D eigenvalue weighted by molar-refractivity contribution is 0.0937. The van der Waals surface area contributed by atoms with Crippen LogP contribution >= 0.6 is 0 Å². The highest BCUT2D eigenvalue weighted by atomic mass is 16.5. The van der Waals surface area contributed by atoms with Gasteiger partial charge in [-0.15, -0.1) is 0 Å². The van der Waals surface area contributed by atoms with E-state index in [1.807, 2.05) is 66.7 Å². The van der Waals surface area contributed by atoms with Gasteiger partial charge in [0, 0.05) is 18.6 Å². The molecule has 2 aromatic heterocycles. The number of ether oxygens (including phenoxy) is 1. The summed E-state index contributed by atoms with van der Waals surface area (Å²) in [6.45, 7) is 0. The van der Waals surface area contributed by atoms with Gasteiger partial charge in [0.05, 0.1) is 18.8 Å². The fourth-order valence-electron chi connectivity index (χ4n) is 3.09. The first-order valence-corrected chi connectivity index (χ1v) is 9.20. The predicted octanol–water partition coefficient (Wildman–Crippen LogP) is 3.80. The summed E-state index contributed by atoms with van der Waals surface area (Å²) in [5, 5.41) is 7.51. The van der Waals surface area contributed by atoms with E-state index < -0.39 is 0 Å². The minimum Gasteiger partial charge on any atom is -0.497 e. The summed E-state index contributed by atoms with van der Waals surface area (Å²) in [6.07, 6.45) is 5.20. The maximum absolute atomic E-state index is 12.9. The van der Waals surface area contributed by atoms with Crippen LogP contribution in [-0.4, -0.2) is 27.8 Å². The van der Waals surface area contributed by atoms with Gasteiger partial charge < -0.3 is 10.1 Å². The summed E-state index contributed by atoms with van der Waals surface area (Å²) < 4.78 is 6.84. The van der Waals surface area contributed by atoms with Gasteiger partial charge in [-0.05, 0) is 53.6 Å². The molecule has 0 saturated heterocycles. The molecule has 0 aliphatic heterocycles. The van der Waals surface area contributed by atoms with Crippen molar-refractivity contribution >= 4 is 5.91 Å². The van der Waals surface area contributed by atoms with Crippen LogP contribution in [0, 0.1) is 0 Å². The van der Waals surface area contributed by atoms with E-state index in [0.717, 1.165) is 22.6 Å². The molecule has 1 N–H and O–H groups in total. The van der Waals surface area contributed by atoms with E-state index in [-0.39, 0.29) is 11.9 Å². The van der Waals surface area contributed by atoms with Crippen LogP contribution in [0.4, 0.5) is 0 Å². The van der Waals surface area contributed by atoms with Crippen LogP contribution in [0.25, 0.3) is 5.69 Å². The molecule has 1 atom stereocenters. The molecule has 4 aromatic rings. The molecule has 6 heteroatoms. The highest BCUT2D eigenvalue weighted by Crippen LogP contribution is 2.22. The number of carbonyl (C=O) groups excluding carboxylic acids is 1. The van der Waals surface area contributed by atoms with Crippen molar-refractivity contribution in [3.8, 4) is 11.4 Å². The van der Waals surface area contributed by atoms with Crippen molar-refractivity contribution in [1.82, 2.24) is 20.1 Å². The molecule has 0 spiro atoms. The van der Waals surface area contributed by atoms with Gasteiger partial charge in [0.15, 0.2) is 5.69 Å². The third kappa shape index (κ3) is 4.16. The van der Waals surface area contributed by atoms with Gasteiger partial charge in [0.2, 0.25) is 0 Å². The molecule has 0 radical (unpaired) electrons. The fourth-order valence-corrected chi connectivity index (χ4v) is 3.09.